The summed E-state index contributed by atoms with van der Waals surface area (Å²) in [6.07, 6.45) is 7.29. The lowest BCUT2D eigenvalue weighted by Crippen LogP contribution is -2.23. The van der Waals surface area contributed by atoms with Crippen molar-refractivity contribution in [2.45, 2.75) is 19.8 Å². The zero-order valence-electron chi connectivity index (χ0n) is 12.6. The molecular formula is C16H19ClN4O. The van der Waals surface area contributed by atoms with E-state index >= 15 is 0 Å². The van der Waals surface area contributed by atoms with Crippen molar-refractivity contribution < 1.29 is 4.74 Å². The van der Waals surface area contributed by atoms with Crippen LogP contribution in [0.5, 0.6) is 0 Å². The van der Waals surface area contributed by atoms with Gasteiger partial charge in [0.15, 0.2) is 0 Å². The van der Waals surface area contributed by atoms with E-state index in [0.29, 0.717) is 10.9 Å². The Morgan fingerprint density at radius 2 is 2.14 bits per heavy atom. The summed E-state index contributed by atoms with van der Waals surface area (Å²) in [6, 6.07) is 1.86. The highest BCUT2D eigenvalue weighted by Crippen LogP contribution is 2.27. The zero-order chi connectivity index (χ0) is 15.4. The van der Waals surface area contributed by atoms with Crippen molar-refractivity contribution in [1.29, 1.82) is 0 Å². The van der Waals surface area contributed by atoms with Crippen molar-refractivity contribution >= 4 is 17.4 Å². The maximum absolute atomic E-state index is 6.22. The van der Waals surface area contributed by atoms with Crippen LogP contribution in [0.1, 0.15) is 18.5 Å². The van der Waals surface area contributed by atoms with Gasteiger partial charge in [-0.1, -0.05) is 11.6 Å². The molecule has 0 radical (unpaired) electrons. The highest BCUT2D eigenvalue weighted by Gasteiger charge is 2.15. The first-order valence-electron chi connectivity index (χ1n) is 7.49. The highest BCUT2D eigenvalue weighted by atomic mass is 35.5. The fourth-order valence-electron chi connectivity index (χ4n) is 2.56. The molecule has 0 aromatic carbocycles. The maximum atomic E-state index is 6.22. The minimum Gasteiger partial charge on any atom is -0.381 e. The summed E-state index contributed by atoms with van der Waals surface area (Å²) in [4.78, 5) is 13.1. The first-order valence-corrected chi connectivity index (χ1v) is 7.87. The number of nitrogens with zero attached hydrogens (tertiary/aromatic N) is 3. The van der Waals surface area contributed by atoms with Gasteiger partial charge in [-0.25, -0.2) is 4.98 Å². The van der Waals surface area contributed by atoms with Gasteiger partial charge in [-0.05, 0) is 31.7 Å². The molecule has 0 atom stereocenters. The van der Waals surface area contributed by atoms with Crippen molar-refractivity contribution in [3.8, 4) is 11.3 Å². The number of anilines is 1. The van der Waals surface area contributed by atoms with Crippen LogP contribution >= 0.6 is 11.6 Å². The summed E-state index contributed by atoms with van der Waals surface area (Å²) in [5.41, 5.74) is 2.51. The normalized spacial score (nSPS) is 15.7. The van der Waals surface area contributed by atoms with E-state index in [4.69, 9.17) is 16.3 Å². The summed E-state index contributed by atoms with van der Waals surface area (Å²) in [7, 11) is 0. The van der Waals surface area contributed by atoms with Crippen LogP contribution in [0.4, 0.5) is 5.82 Å². The molecule has 5 nitrogen and oxygen atoms in total. The van der Waals surface area contributed by atoms with Gasteiger partial charge in [0, 0.05) is 37.7 Å². The van der Waals surface area contributed by atoms with Gasteiger partial charge < -0.3 is 10.1 Å². The summed E-state index contributed by atoms with van der Waals surface area (Å²) in [5, 5.41) is 3.97. The number of rotatable bonds is 4. The number of ether oxygens (including phenoxy) is 1. The van der Waals surface area contributed by atoms with E-state index in [1.165, 1.54) is 0 Å². The van der Waals surface area contributed by atoms with Gasteiger partial charge in [0.25, 0.3) is 0 Å². The molecule has 0 unspecified atom stereocenters. The number of aromatic nitrogens is 3. The van der Waals surface area contributed by atoms with Crippen LogP contribution in [0.2, 0.25) is 5.02 Å². The standard InChI is InChI=1S/C16H19ClN4O/c1-11-16(13-2-5-18-9-14(13)17)21-15(10-19-11)20-8-12-3-6-22-7-4-12/h2,5,9-10,12H,3-4,6-8H2,1H3,(H,20,21). The minimum atomic E-state index is 0.585. The summed E-state index contributed by atoms with van der Waals surface area (Å²) in [5.74, 6) is 1.41. The molecule has 3 heterocycles. The second-order valence-electron chi connectivity index (χ2n) is 5.48. The molecule has 0 bridgehead atoms. The molecule has 1 aliphatic heterocycles. The molecule has 0 saturated carbocycles. The van der Waals surface area contributed by atoms with Gasteiger partial charge >= 0.3 is 0 Å². The summed E-state index contributed by atoms with van der Waals surface area (Å²) >= 11 is 6.22. The van der Waals surface area contributed by atoms with Crippen LogP contribution in [-0.4, -0.2) is 34.7 Å². The van der Waals surface area contributed by atoms with E-state index in [1.807, 2.05) is 13.0 Å². The van der Waals surface area contributed by atoms with Gasteiger partial charge in [0.1, 0.15) is 5.82 Å². The molecule has 3 rings (SSSR count). The average Bonchev–Trinajstić information content (AvgIpc) is 2.56. The van der Waals surface area contributed by atoms with E-state index in [1.54, 1.807) is 18.6 Å². The monoisotopic (exact) mass is 318 g/mol. The largest absolute Gasteiger partial charge is 0.381 e. The zero-order valence-corrected chi connectivity index (χ0v) is 13.3. The molecule has 6 heteroatoms. The molecule has 2 aromatic rings. The van der Waals surface area contributed by atoms with Crippen LogP contribution in [0.3, 0.4) is 0 Å². The van der Waals surface area contributed by atoms with Crippen molar-refractivity contribution in [2.75, 3.05) is 25.1 Å². The van der Waals surface area contributed by atoms with Crippen LogP contribution in [0.25, 0.3) is 11.3 Å². The van der Waals surface area contributed by atoms with Gasteiger partial charge in [-0.15, -0.1) is 0 Å². The van der Waals surface area contributed by atoms with E-state index in [9.17, 15) is 0 Å². The van der Waals surface area contributed by atoms with Gasteiger partial charge in [-0.3, -0.25) is 9.97 Å². The first kappa shape index (κ1) is 15.2. The first-order chi connectivity index (χ1) is 10.7. The van der Waals surface area contributed by atoms with Crippen molar-refractivity contribution in [1.82, 2.24) is 15.0 Å². The van der Waals surface area contributed by atoms with Crippen LogP contribution in [-0.2, 0) is 4.74 Å². The number of aryl methyl sites for hydroxylation is 1. The second-order valence-corrected chi connectivity index (χ2v) is 5.89. The van der Waals surface area contributed by atoms with Crippen molar-refractivity contribution in [2.24, 2.45) is 5.92 Å². The Hall–Kier alpha value is -1.72. The Morgan fingerprint density at radius 1 is 1.32 bits per heavy atom. The van der Waals surface area contributed by atoms with Crippen LogP contribution < -0.4 is 5.32 Å². The number of pyridine rings is 1. The Morgan fingerprint density at radius 3 is 2.91 bits per heavy atom. The molecule has 2 aromatic heterocycles. The molecule has 22 heavy (non-hydrogen) atoms. The third-order valence-electron chi connectivity index (χ3n) is 3.90. The van der Waals surface area contributed by atoms with E-state index in [0.717, 1.165) is 55.4 Å². The van der Waals surface area contributed by atoms with Crippen molar-refractivity contribution in [3.63, 3.8) is 0 Å². The maximum Gasteiger partial charge on any atom is 0.145 e. The lowest BCUT2D eigenvalue weighted by atomic mass is 10.0. The Kier molecular flexibility index (Phi) is 4.85. The molecule has 0 spiro atoms. The van der Waals surface area contributed by atoms with Crippen molar-refractivity contribution in [3.05, 3.63) is 35.4 Å². The van der Waals surface area contributed by atoms with E-state index in [-0.39, 0.29) is 0 Å². The predicted octanol–water partition coefficient (Wildman–Crippen LogP) is 3.34. The Bertz CT molecular complexity index is 644. The third-order valence-corrected chi connectivity index (χ3v) is 4.20. The van der Waals surface area contributed by atoms with E-state index in [2.05, 4.69) is 20.3 Å². The fourth-order valence-corrected chi connectivity index (χ4v) is 2.77. The lowest BCUT2D eigenvalue weighted by molar-refractivity contribution is 0.0699. The third kappa shape index (κ3) is 3.54. The van der Waals surface area contributed by atoms with Crippen LogP contribution in [0.15, 0.2) is 24.7 Å². The lowest BCUT2D eigenvalue weighted by Gasteiger charge is -2.22. The molecular weight excluding hydrogens is 300 g/mol. The molecule has 1 aliphatic rings. The average molecular weight is 319 g/mol. The Labute approximate surface area is 135 Å². The smallest absolute Gasteiger partial charge is 0.145 e. The van der Waals surface area contributed by atoms with Gasteiger partial charge in [0.2, 0.25) is 0 Å². The highest BCUT2D eigenvalue weighted by molar-refractivity contribution is 6.33. The molecule has 1 N–H and O–H groups in total. The topological polar surface area (TPSA) is 59.9 Å². The predicted molar refractivity (Wildman–Crippen MR) is 87.0 cm³/mol. The number of halogens is 1. The molecule has 1 fully saturated rings. The summed E-state index contributed by atoms with van der Waals surface area (Å²) in [6.45, 7) is 4.53. The Balaban J connectivity index is 1.76. The molecule has 0 aliphatic carbocycles. The van der Waals surface area contributed by atoms with Gasteiger partial charge in [0.05, 0.1) is 22.6 Å². The fraction of sp³-hybridized carbons (Fsp3) is 0.438. The number of hydrogen-bond donors (Lipinski definition) is 1. The molecule has 0 amide bonds. The van der Waals surface area contributed by atoms with E-state index < -0.39 is 0 Å². The molecule has 1 saturated heterocycles. The quantitative estimate of drug-likeness (QED) is 0.937. The minimum absolute atomic E-state index is 0.585. The number of hydrogen-bond acceptors (Lipinski definition) is 5. The van der Waals surface area contributed by atoms with Gasteiger partial charge in [-0.2, -0.15) is 0 Å². The second kappa shape index (κ2) is 7.03. The SMILES string of the molecule is Cc1ncc(NCC2CCOCC2)nc1-c1ccncc1Cl. The van der Waals surface area contributed by atoms with Crippen LogP contribution in [0, 0.1) is 12.8 Å². The molecule has 116 valence electrons. The summed E-state index contributed by atoms with van der Waals surface area (Å²) < 4.78 is 5.38. The number of nitrogens with one attached hydrogen (secondary N) is 1.